The van der Waals surface area contributed by atoms with E-state index in [9.17, 15) is 0 Å². The Morgan fingerprint density at radius 1 is 0.842 bits per heavy atom. The van der Waals surface area contributed by atoms with Crippen molar-refractivity contribution in [2.24, 2.45) is 0 Å². The smallest absolute Gasteiger partial charge is 0.104 e. The number of hydrogen-bond donors (Lipinski definition) is 0. The number of hydrogen-bond acceptors (Lipinski definition) is 0. The maximum absolute atomic E-state index is 6.11. The van der Waals surface area contributed by atoms with Crippen molar-refractivity contribution in [1.82, 2.24) is 0 Å². The van der Waals surface area contributed by atoms with Gasteiger partial charge in [0.1, 0.15) is 7.85 Å². The fourth-order valence-corrected chi connectivity index (χ4v) is 2.38. The molecule has 0 N–H and O–H groups in total. The van der Waals surface area contributed by atoms with Gasteiger partial charge in [0, 0.05) is 52.1 Å². The predicted molar refractivity (Wildman–Crippen MR) is 97.1 cm³/mol. The van der Waals surface area contributed by atoms with Gasteiger partial charge in [0.15, 0.2) is 0 Å². The fourth-order valence-electron chi connectivity index (χ4n) is 2.38. The largest absolute Gasteiger partial charge is 0.114 e. The maximum Gasteiger partial charge on any atom is 0.114 e. The van der Waals surface area contributed by atoms with Crippen LogP contribution < -0.4 is 16.4 Å². The highest BCUT2D eigenvalue weighted by molar-refractivity contribution is 7.70. The van der Waals surface area contributed by atoms with Crippen LogP contribution in [0, 0.1) is 20.8 Å². The summed E-state index contributed by atoms with van der Waals surface area (Å²) in [5.41, 5.74) is 5.17. The molecule has 0 unspecified atom stereocenters. The van der Waals surface area contributed by atoms with Gasteiger partial charge in [-0.25, -0.2) is 0 Å². The molecule has 0 nitrogen and oxygen atoms in total. The SMILES string of the molecule is [B][B]B([B])c1c(C)c(C)c([B])c(C)c1B([B])B([B])[B]. The lowest BCUT2D eigenvalue weighted by atomic mass is 8.85. The van der Waals surface area contributed by atoms with E-state index in [1.165, 1.54) is 7.06 Å². The first-order chi connectivity index (χ1) is 8.73. The highest BCUT2D eigenvalue weighted by Gasteiger charge is 2.25. The van der Waals surface area contributed by atoms with Crippen LogP contribution in [0.1, 0.15) is 16.7 Å². The summed E-state index contributed by atoms with van der Waals surface area (Å²) in [6.45, 7) is 4.82. The lowest BCUT2D eigenvalue weighted by Gasteiger charge is -2.29. The Morgan fingerprint density at radius 2 is 1.37 bits per heavy atom. The van der Waals surface area contributed by atoms with Crippen molar-refractivity contribution >= 4 is 89.4 Å². The molecule has 0 aliphatic rings. The Morgan fingerprint density at radius 3 is 1.79 bits per heavy atom. The molecule has 0 saturated heterocycles. The van der Waals surface area contributed by atoms with E-state index in [0.717, 1.165) is 27.6 Å². The molecule has 0 aliphatic carbocycles. The molecule has 0 spiro atoms. The summed E-state index contributed by atoms with van der Waals surface area (Å²) >= 11 is 0. The molecule has 75 valence electrons. The van der Waals surface area contributed by atoms with Crippen molar-refractivity contribution in [1.29, 1.82) is 0 Å². The number of benzene rings is 1. The van der Waals surface area contributed by atoms with Crippen LogP contribution >= 0.6 is 0 Å². The average Bonchev–Trinajstić information content (AvgIpc) is 2.38. The summed E-state index contributed by atoms with van der Waals surface area (Å²) in [7, 11) is 36.7. The molecule has 0 aliphatic heterocycles. The van der Waals surface area contributed by atoms with E-state index in [0.29, 0.717) is 5.46 Å². The standard InChI is InChI=1S/C9H9B10/c1-4-5(2)8(17(12)16-11)9(6(3)7(4)10)18(13)19(14)15/h1-3H3. The van der Waals surface area contributed by atoms with E-state index < -0.39 is 19.4 Å². The third kappa shape index (κ3) is 3.14. The first-order valence-electron chi connectivity index (χ1n) is 6.20. The van der Waals surface area contributed by atoms with Gasteiger partial charge in [0.25, 0.3) is 0 Å². The van der Waals surface area contributed by atoms with Crippen molar-refractivity contribution < 1.29 is 0 Å². The summed E-state index contributed by atoms with van der Waals surface area (Å²) in [4.78, 5) is 0. The lowest BCUT2D eigenvalue weighted by Crippen LogP contribution is -2.62. The van der Waals surface area contributed by atoms with Crippen LogP contribution in [0.25, 0.3) is 0 Å². The van der Waals surface area contributed by atoms with Crippen LogP contribution in [-0.2, 0) is 0 Å². The van der Waals surface area contributed by atoms with E-state index in [1.54, 1.807) is 0 Å². The topological polar surface area (TPSA) is 0 Å². The van der Waals surface area contributed by atoms with Gasteiger partial charge >= 0.3 is 0 Å². The van der Waals surface area contributed by atoms with Crippen LogP contribution in [0.2, 0.25) is 0 Å². The predicted octanol–water partition coefficient (Wildman–Crippen LogP) is -3.67. The highest BCUT2D eigenvalue weighted by Crippen LogP contribution is 2.04. The zero-order chi connectivity index (χ0) is 14.9. The molecular formula is C9H9B10. The van der Waals surface area contributed by atoms with Crippen molar-refractivity contribution in [3.8, 4) is 0 Å². The normalized spacial score (nSPS) is 10.1. The lowest BCUT2D eigenvalue weighted by molar-refractivity contribution is 1.37. The second kappa shape index (κ2) is 6.55. The van der Waals surface area contributed by atoms with Crippen molar-refractivity contribution in [2.45, 2.75) is 20.8 Å². The van der Waals surface area contributed by atoms with Crippen molar-refractivity contribution in [3.63, 3.8) is 0 Å². The van der Waals surface area contributed by atoms with E-state index in [-0.39, 0.29) is 0 Å². The third-order valence-corrected chi connectivity index (χ3v) is 3.76. The van der Waals surface area contributed by atoms with Gasteiger partial charge in [-0.1, -0.05) is 22.2 Å². The zero-order valence-electron chi connectivity index (χ0n) is 11.8. The summed E-state index contributed by atoms with van der Waals surface area (Å²) in [6.07, 6.45) is -0.691. The molecule has 10 heteroatoms. The molecule has 1 aromatic carbocycles. The van der Waals surface area contributed by atoms with E-state index >= 15 is 0 Å². The monoisotopic (exact) mass is 227 g/mol. The first kappa shape index (κ1) is 16.9. The molecule has 13 radical (unpaired) electrons. The third-order valence-electron chi connectivity index (χ3n) is 3.76. The van der Waals surface area contributed by atoms with E-state index in [4.69, 9.17) is 46.5 Å². The summed E-state index contributed by atoms with van der Waals surface area (Å²) < 4.78 is 0. The molecule has 0 fully saturated rings. The Hall–Kier alpha value is -0.131. The molecule has 0 heterocycles. The van der Waals surface area contributed by atoms with E-state index in [1.807, 2.05) is 20.8 Å². The minimum absolute atomic E-state index is 0.433. The second-order valence-corrected chi connectivity index (χ2v) is 4.94. The van der Waals surface area contributed by atoms with Gasteiger partial charge in [-0.3, -0.25) is 0 Å². The summed E-state index contributed by atoms with van der Waals surface area (Å²) in [5.74, 6) is 0. The minimum atomic E-state index is -0.691. The van der Waals surface area contributed by atoms with Crippen LogP contribution in [0.15, 0.2) is 0 Å². The van der Waals surface area contributed by atoms with Crippen LogP contribution in [-0.4, -0.2) is 73.0 Å². The summed E-state index contributed by atoms with van der Waals surface area (Å²) in [5, 5.41) is 0. The van der Waals surface area contributed by atoms with Crippen LogP contribution in [0.5, 0.6) is 0 Å². The second-order valence-electron chi connectivity index (χ2n) is 4.94. The van der Waals surface area contributed by atoms with Crippen LogP contribution in [0.3, 0.4) is 0 Å². The Bertz CT molecular complexity index is 471. The van der Waals surface area contributed by atoms with Gasteiger partial charge in [-0.15, -0.1) is 10.9 Å². The first-order valence-corrected chi connectivity index (χ1v) is 6.20. The highest BCUT2D eigenvalue weighted by atomic mass is 14.1. The van der Waals surface area contributed by atoms with Crippen molar-refractivity contribution in [3.05, 3.63) is 16.7 Å². The molecule has 0 bridgehead atoms. The zero-order valence-corrected chi connectivity index (χ0v) is 11.8. The molecule has 1 rings (SSSR count). The molecule has 1 aromatic rings. The summed E-state index contributed by atoms with van der Waals surface area (Å²) in [6, 6.07) is 0. The quantitative estimate of drug-likeness (QED) is 0.463. The molecule has 19 heavy (non-hydrogen) atoms. The number of rotatable bonds is 4. The Balaban J connectivity index is 3.66. The van der Waals surface area contributed by atoms with Gasteiger partial charge in [0.2, 0.25) is 0 Å². The average molecular weight is 225 g/mol. The fraction of sp³-hybridized carbons (Fsp3) is 0.333. The van der Waals surface area contributed by atoms with Gasteiger partial charge < -0.3 is 0 Å². The molecular weight excluding hydrogens is 216 g/mol. The maximum atomic E-state index is 6.11. The van der Waals surface area contributed by atoms with Crippen LogP contribution in [0.4, 0.5) is 0 Å². The molecule has 0 amide bonds. The van der Waals surface area contributed by atoms with E-state index in [2.05, 4.69) is 0 Å². The van der Waals surface area contributed by atoms with Crippen molar-refractivity contribution in [2.75, 3.05) is 0 Å². The Kier molecular flexibility index (Phi) is 5.83. The molecule has 0 aromatic heterocycles. The molecule has 0 saturated carbocycles. The Labute approximate surface area is 127 Å². The minimum Gasteiger partial charge on any atom is -0.104 e. The van der Waals surface area contributed by atoms with Gasteiger partial charge in [0.05, 0.1) is 13.0 Å². The van der Waals surface area contributed by atoms with Gasteiger partial charge in [-0.05, 0) is 20.8 Å². The van der Waals surface area contributed by atoms with Gasteiger partial charge in [-0.2, -0.15) is 0 Å². The molecule has 0 atom stereocenters.